The van der Waals surface area contributed by atoms with Gasteiger partial charge in [-0.1, -0.05) is 0 Å². The van der Waals surface area contributed by atoms with Crippen LogP contribution in [-0.2, 0) is 16.1 Å². The average Bonchev–Trinajstić information content (AvgIpc) is 2.51. The lowest BCUT2D eigenvalue weighted by molar-refractivity contribution is -0.384. The summed E-state index contributed by atoms with van der Waals surface area (Å²) < 4.78 is 10.3. The van der Waals surface area contributed by atoms with Gasteiger partial charge in [-0.05, 0) is 17.7 Å². The number of nitrogens with zero attached hydrogens (tertiary/aromatic N) is 1. The molecule has 1 unspecified atom stereocenters. The summed E-state index contributed by atoms with van der Waals surface area (Å²) in [5, 5.41) is 48.8. The highest BCUT2D eigenvalue weighted by Crippen LogP contribution is 2.23. The summed E-state index contributed by atoms with van der Waals surface area (Å²) >= 11 is 0. The molecule has 122 valence electrons. The van der Waals surface area contributed by atoms with Gasteiger partial charge in [0.2, 0.25) is 0 Å². The molecule has 22 heavy (non-hydrogen) atoms. The van der Waals surface area contributed by atoms with Gasteiger partial charge in [-0.3, -0.25) is 10.1 Å². The predicted molar refractivity (Wildman–Crippen MR) is 71.7 cm³/mol. The summed E-state index contributed by atoms with van der Waals surface area (Å²) in [5.74, 6) is 0. The van der Waals surface area contributed by atoms with Crippen LogP contribution < -0.4 is 0 Å². The van der Waals surface area contributed by atoms with E-state index in [0.29, 0.717) is 5.56 Å². The topological polar surface area (TPSA) is 143 Å². The highest BCUT2D eigenvalue weighted by atomic mass is 16.7. The summed E-state index contributed by atoms with van der Waals surface area (Å²) in [6, 6.07) is 5.57. The zero-order chi connectivity index (χ0) is 16.3. The first-order valence-electron chi connectivity index (χ1n) is 6.59. The van der Waals surface area contributed by atoms with E-state index in [9.17, 15) is 25.4 Å². The Balaban J connectivity index is 1.97. The monoisotopic (exact) mass is 315 g/mol. The summed E-state index contributed by atoms with van der Waals surface area (Å²) in [5.41, 5.74) is 0.523. The lowest BCUT2D eigenvalue weighted by Crippen LogP contribution is -2.59. The molecule has 1 heterocycles. The number of rotatable bonds is 5. The molecule has 1 saturated heterocycles. The largest absolute Gasteiger partial charge is 0.394 e. The molecule has 1 aliphatic rings. The number of ether oxygens (including phenoxy) is 2. The zero-order valence-electron chi connectivity index (χ0n) is 11.5. The van der Waals surface area contributed by atoms with E-state index in [0.717, 1.165) is 0 Å². The lowest BCUT2D eigenvalue weighted by atomic mass is 9.99. The zero-order valence-corrected chi connectivity index (χ0v) is 11.5. The van der Waals surface area contributed by atoms with E-state index < -0.39 is 42.2 Å². The van der Waals surface area contributed by atoms with Crippen LogP contribution in [0.25, 0.3) is 0 Å². The fraction of sp³-hybridized carbons (Fsp3) is 0.538. The van der Waals surface area contributed by atoms with Crippen molar-refractivity contribution in [3.8, 4) is 0 Å². The highest BCUT2D eigenvalue weighted by Gasteiger charge is 2.44. The minimum absolute atomic E-state index is 0.0450. The Bertz CT molecular complexity index is 507. The first kappa shape index (κ1) is 16.7. The van der Waals surface area contributed by atoms with Crippen molar-refractivity contribution in [2.24, 2.45) is 0 Å². The van der Waals surface area contributed by atoms with Crippen LogP contribution >= 0.6 is 0 Å². The van der Waals surface area contributed by atoms with Gasteiger partial charge < -0.3 is 29.9 Å². The van der Waals surface area contributed by atoms with Crippen LogP contribution in [0.3, 0.4) is 0 Å². The minimum atomic E-state index is -1.51. The molecular weight excluding hydrogens is 298 g/mol. The molecule has 0 aliphatic carbocycles. The Hall–Kier alpha value is -1.62. The Labute approximate surface area is 125 Å². The third-order valence-electron chi connectivity index (χ3n) is 3.43. The van der Waals surface area contributed by atoms with Crippen molar-refractivity contribution >= 4 is 5.69 Å². The van der Waals surface area contributed by atoms with E-state index in [1.807, 2.05) is 0 Å². The fourth-order valence-electron chi connectivity index (χ4n) is 2.16. The molecule has 1 aliphatic heterocycles. The van der Waals surface area contributed by atoms with Gasteiger partial charge in [0.1, 0.15) is 24.4 Å². The number of nitro groups is 1. The molecule has 0 bridgehead atoms. The second kappa shape index (κ2) is 7.09. The van der Waals surface area contributed by atoms with E-state index in [4.69, 9.17) is 14.6 Å². The Morgan fingerprint density at radius 2 is 1.82 bits per heavy atom. The predicted octanol–water partition coefficient (Wildman–Crippen LogP) is -1.09. The molecule has 1 fully saturated rings. The normalized spacial score (nSPS) is 31.9. The summed E-state index contributed by atoms with van der Waals surface area (Å²) in [6.07, 6.45) is -6.62. The Kier molecular flexibility index (Phi) is 5.40. The van der Waals surface area contributed by atoms with Crippen molar-refractivity contribution in [1.29, 1.82) is 0 Å². The van der Waals surface area contributed by atoms with Crippen LogP contribution in [-0.4, -0.2) is 62.7 Å². The molecule has 0 radical (unpaired) electrons. The quantitative estimate of drug-likeness (QED) is 0.396. The van der Waals surface area contributed by atoms with Crippen LogP contribution in [0.1, 0.15) is 5.56 Å². The molecule has 0 amide bonds. The van der Waals surface area contributed by atoms with Crippen molar-refractivity contribution in [3.05, 3.63) is 39.9 Å². The van der Waals surface area contributed by atoms with E-state index in [1.54, 1.807) is 0 Å². The van der Waals surface area contributed by atoms with Crippen molar-refractivity contribution in [2.75, 3.05) is 6.61 Å². The Morgan fingerprint density at radius 1 is 1.18 bits per heavy atom. The highest BCUT2D eigenvalue weighted by molar-refractivity contribution is 5.32. The molecule has 5 atom stereocenters. The number of aliphatic hydroxyl groups excluding tert-OH is 4. The molecule has 1 aromatic carbocycles. The van der Waals surface area contributed by atoms with E-state index >= 15 is 0 Å². The SMILES string of the molecule is O=[N+]([O-])c1ccc(CO[C@@H]2C(O)O[C@H](CO)[C@@H](O)[C@@H]2O)cc1. The number of aliphatic hydroxyl groups is 4. The average molecular weight is 315 g/mol. The third kappa shape index (κ3) is 3.58. The molecule has 0 saturated carbocycles. The minimum Gasteiger partial charge on any atom is -0.394 e. The maximum atomic E-state index is 10.5. The van der Waals surface area contributed by atoms with Crippen molar-refractivity contribution in [3.63, 3.8) is 0 Å². The van der Waals surface area contributed by atoms with Crippen molar-refractivity contribution in [2.45, 2.75) is 37.3 Å². The third-order valence-corrected chi connectivity index (χ3v) is 3.43. The van der Waals surface area contributed by atoms with Crippen molar-refractivity contribution < 1.29 is 34.8 Å². The number of hydrogen-bond donors (Lipinski definition) is 4. The smallest absolute Gasteiger partial charge is 0.269 e. The van der Waals surface area contributed by atoms with E-state index in [2.05, 4.69) is 0 Å². The molecule has 4 N–H and O–H groups in total. The number of hydrogen-bond acceptors (Lipinski definition) is 8. The van der Waals surface area contributed by atoms with E-state index in [1.165, 1.54) is 24.3 Å². The Morgan fingerprint density at radius 3 is 2.36 bits per heavy atom. The molecule has 2 rings (SSSR count). The number of nitro benzene ring substituents is 1. The number of benzene rings is 1. The lowest BCUT2D eigenvalue weighted by Gasteiger charge is -2.39. The van der Waals surface area contributed by atoms with Crippen LogP contribution in [0.15, 0.2) is 24.3 Å². The summed E-state index contributed by atoms with van der Waals surface area (Å²) in [6.45, 7) is -0.596. The first-order chi connectivity index (χ1) is 10.4. The molecule has 9 heteroatoms. The van der Waals surface area contributed by atoms with Crippen molar-refractivity contribution in [1.82, 2.24) is 0 Å². The second-order valence-corrected chi connectivity index (χ2v) is 4.93. The van der Waals surface area contributed by atoms with Crippen LogP contribution in [0.4, 0.5) is 5.69 Å². The molecule has 0 spiro atoms. The maximum Gasteiger partial charge on any atom is 0.269 e. The van der Waals surface area contributed by atoms with Gasteiger partial charge in [0.25, 0.3) is 5.69 Å². The first-order valence-corrected chi connectivity index (χ1v) is 6.59. The summed E-state index contributed by atoms with van der Waals surface area (Å²) in [4.78, 5) is 10.0. The molecule has 1 aromatic rings. The van der Waals surface area contributed by atoms with Crippen LogP contribution in [0.2, 0.25) is 0 Å². The van der Waals surface area contributed by atoms with Gasteiger partial charge in [-0.25, -0.2) is 0 Å². The van der Waals surface area contributed by atoms with Gasteiger partial charge >= 0.3 is 0 Å². The van der Waals surface area contributed by atoms with Crippen LogP contribution in [0.5, 0.6) is 0 Å². The summed E-state index contributed by atoms with van der Waals surface area (Å²) in [7, 11) is 0. The number of non-ortho nitro benzene ring substituents is 1. The standard InChI is InChI=1S/C13H17NO8/c15-5-9-10(16)11(17)12(13(18)22-9)21-6-7-1-3-8(4-2-7)14(19)20/h1-4,9-13,15-18H,5-6H2/t9-,10-,11+,12+,13?/m1/s1. The molecule has 0 aromatic heterocycles. The molecule has 9 nitrogen and oxygen atoms in total. The van der Waals surface area contributed by atoms with Gasteiger partial charge in [0, 0.05) is 12.1 Å². The van der Waals surface area contributed by atoms with Gasteiger partial charge in [0.05, 0.1) is 18.1 Å². The molecular formula is C13H17NO8. The van der Waals surface area contributed by atoms with Gasteiger partial charge in [0.15, 0.2) is 6.29 Å². The second-order valence-electron chi connectivity index (χ2n) is 4.93. The van der Waals surface area contributed by atoms with Gasteiger partial charge in [-0.2, -0.15) is 0 Å². The van der Waals surface area contributed by atoms with Crippen LogP contribution in [0, 0.1) is 10.1 Å². The maximum absolute atomic E-state index is 10.5. The van der Waals surface area contributed by atoms with E-state index in [-0.39, 0.29) is 12.3 Å². The fourth-order valence-corrected chi connectivity index (χ4v) is 2.16. The van der Waals surface area contributed by atoms with Gasteiger partial charge in [-0.15, -0.1) is 0 Å².